The highest BCUT2D eigenvalue weighted by molar-refractivity contribution is 5.79. The van der Waals surface area contributed by atoms with E-state index < -0.39 is 0 Å². The van der Waals surface area contributed by atoms with Gasteiger partial charge in [-0.05, 0) is 57.5 Å². The molecule has 0 saturated carbocycles. The predicted octanol–water partition coefficient (Wildman–Crippen LogP) is 2.33. The Kier molecular flexibility index (Phi) is 7.85. The summed E-state index contributed by atoms with van der Waals surface area (Å²) in [5.41, 5.74) is 1.01. The Balaban J connectivity index is 1.95. The van der Waals surface area contributed by atoms with E-state index >= 15 is 0 Å². The summed E-state index contributed by atoms with van der Waals surface area (Å²) < 4.78 is 5.44. The fourth-order valence-corrected chi connectivity index (χ4v) is 3.20. The van der Waals surface area contributed by atoms with E-state index in [9.17, 15) is 5.11 Å². The van der Waals surface area contributed by atoms with Gasteiger partial charge in [0.2, 0.25) is 0 Å². The molecule has 6 heteroatoms. The molecule has 140 valence electrons. The zero-order valence-corrected chi connectivity index (χ0v) is 15.7. The summed E-state index contributed by atoms with van der Waals surface area (Å²) >= 11 is 0. The Morgan fingerprint density at radius 3 is 2.88 bits per heavy atom. The van der Waals surface area contributed by atoms with Gasteiger partial charge in [0.25, 0.3) is 0 Å². The fourth-order valence-electron chi connectivity index (χ4n) is 3.20. The molecule has 0 aliphatic carbocycles. The van der Waals surface area contributed by atoms with Gasteiger partial charge in [-0.1, -0.05) is 13.0 Å². The fraction of sp³-hybridized carbons (Fsp3) is 0.632. The quantitative estimate of drug-likeness (QED) is 0.497. The maximum atomic E-state index is 9.79. The highest BCUT2D eigenvalue weighted by Gasteiger charge is 2.22. The van der Waals surface area contributed by atoms with Crippen molar-refractivity contribution in [3.05, 3.63) is 23.8 Å². The first-order chi connectivity index (χ1) is 12.2. The van der Waals surface area contributed by atoms with E-state index in [4.69, 9.17) is 4.74 Å². The third-order valence-electron chi connectivity index (χ3n) is 4.50. The second kappa shape index (κ2) is 10.1. The molecule has 1 fully saturated rings. The minimum absolute atomic E-state index is 0.167. The van der Waals surface area contributed by atoms with Crippen molar-refractivity contribution in [3.8, 4) is 11.5 Å². The molecule has 1 aliphatic rings. The summed E-state index contributed by atoms with van der Waals surface area (Å²) in [6.07, 6.45) is 2.53. The number of phenolic OH excluding ortho intramolecular Hbond substituents is 1. The Hall–Kier alpha value is -1.95. The van der Waals surface area contributed by atoms with Gasteiger partial charge in [0.15, 0.2) is 17.5 Å². The molecule has 1 heterocycles. The van der Waals surface area contributed by atoms with Gasteiger partial charge < -0.3 is 20.5 Å². The molecular weight excluding hydrogens is 316 g/mol. The van der Waals surface area contributed by atoms with Crippen LogP contribution in [-0.4, -0.2) is 54.8 Å². The smallest absolute Gasteiger partial charge is 0.191 e. The minimum atomic E-state index is 0.167. The van der Waals surface area contributed by atoms with Crippen LogP contribution in [0.15, 0.2) is 23.2 Å². The van der Waals surface area contributed by atoms with Crippen molar-refractivity contribution >= 4 is 5.96 Å². The monoisotopic (exact) mass is 348 g/mol. The van der Waals surface area contributed by atoms with Gasteiger partial charge in [0.05, 0.1) is 13.2 Å². The second-order valence-corrected chi connectivity index (χ2v) is 6.24. The number of likely N-dealkylation sites (tertiary alicyclic amines) is 1. The lowest BCUT2D eigenvalue weighted by molar-refractivity contribution is 0.267. The van der Waals surface area contributed by atoms with Crippen LogP contribution in [0.5, 0.6) is 11.5 Å². The van der Waals surface area contributed by atoms with Crippen molar-refractivity contribution in [3.63, 3.8) is 0 Å². The minimum Gasteiger partial charge on any atom is -0.504 e. The maximum absolute atomic E-state index is 9.79. The van der Waals surface area contributed by atoms with E-state index in [1.165, 1.54) is 19.4 Å². The SMILES string of the molecule is CCNC(=NCc1ccc(O)c(OCC)c1)NCC1CCCN1CC. The van der Waals surface area contributed by atoms with Gasteiger partial charge in [-0.15, -0.1) is 0 Å². The van der Waals surface area contributed by atoms with Gasteiger partial charge >= 0.3 is 0 Å². The summed E-state index contributed by atoms with van der Waals surface area (Å²) in [6.45, 7) is 11.3. The first kappa shape index (κ1) is 19.4. The highest BCUT2D eigenvalue weighted by Crippen LogP contribution is 2.27. The van der Waals surface area contributed by atoms with Crippen LogP contribution in [0.2, 0.25) is 0 Å². The van der Waals surface area contributed by atoms with Crippen molar-refractivity contribution in [1.29, 1.82) is 0 Å². The molecule has 0 aromatic heterocycles. The van der Waals surface area contributed by atoms with Crippen LogP contribution in [0, 0.1) is 0 Å². The normalized spacial score (nSPS) is 18.4. The Bertz CT molecular complexity index is 562. The van der Waals surface area contributed by atoms with Gasteiger partial charge in [-0.25, -0.2) is 4.99 Å². The number of guanidine groups is 1. The number of aliphatic imine (C=N–C) groups is 1. The van der Waals surface area contributed by atoms with Gasteiger partial charge in [-0.3, -0.25) is 4.90 Å². The summed E-state index contributed by atoms with van der Waals surface area (Å²) in [7, 11) is 0. The number of likely N-dealkylation sites (N-methyl/N-ethyl adjacent to an activating group) is 1. The van der Waals surface area contributed by atoms with Crippen LogP contribution >= 0.6 is 0 Å². The molecule has 1 saturated heterocycles. The van der Waals surface area contributed by atoms with Gasteiger partial charge in [-0.2, -0.15) is 0 Å². The van der Waals surface area contributed by atoms with Crippen molar-refractivity contribution < 1.29 is 9.84 Å². The van der Waals surface area contributed by atoms with Gasteiger partial charge in [0, 0.05) is 19.1 Å². The summed E-state index contributed by atoms with van der Waals surface area (Å²) in [5.74, 6) is 1.51. The first-order valence-electron chi connectivity index (χ1n) is 9.38. The van der Waals surface area contributed by atoms with Crippen molar-refractivity contribution in [2.24, 2.45) is 4.99 Å². The molecule has 1 aromatic carbocycles. The van der Waals surface area contributed by atoms with E-state index in [1.807, 2.05) is 19.1 Å². The summed E-state index contributed by atoms with van der Waals surface area (Å²) in [5, 5.41) is 16.6. The van der Waals surface area contributed by atoms with Crippen LogP contribution in [0.3, 0.4) is 0 Å². The molecule has 1 atom stereocenters. The number of aromatic hydroxyl groups is 1. The average molecular weight is 348 g/mol. The molecule has 0 bridgehead atoms. The van der Waals surface area contributed by atoms with Gasteiger partial charge in [0.1, 0.15) is 0 Å². The van der Waals surface area contributed by atoms with Crippen LogP contribution in [0.1, 0.15) is 39.2 Å². The predicted molar refractivity (Wildman–Crippen MR) is 102 cm³/mol. The number of phenols is 1. The molecule has 1 unspecified atom stereocenters. The first-order valence-corrected chi connectivity index (χ1v) is 9.38. The third-order valence-corrected chi connectivity index (χ3v) is 4.50. The standard InChI is InChI=1S/C19H32N4O2/c1-4-20-19(22-14-16-8-7-11-23(16)5-2)21-13-15-9-10-17(24)18(12-15)25-6-3/h9-10,12,16,24H,4-8,11,13-14H2,1-3H3,(H2,20,21,22). The molecule has 1 aromatic rings. The molecule has 0 spiro atoms. The number of benzene rings is 1. The zero-order chi connectivity index (χ0) is 18.1. The lowest BCUT2D eigenvalue weighted by atomic mass is 10.2. The van der Waals surface area contributed by atoms with Crippen molar-refractivity contribution in [2.75, 3.05) is 32.8 Å². The topological polar surface area (TPSA) is 69.1 Å². The lowest BCUT2D eigenvalue weighted by Gasteiger charge is -2.24. The number of hydrogen-bond donors (Lipinski definition) is 3. The zero-order valence-electron chi connectivity index (χ0n) is 15.7. The second-order valence-electron chi connectivity index (χ2n) is 6.24. The maximum Gasteiger partial charge on any atom is 0.191 e. The number of nitrogens with zero attached hydrogens (tertiary/aromatic N) is 2. The van der Waals surface area contributed by atoms with Crippen LogP contribution < -0.4 is 15.4 Å². The average Bonchev–Trinajstić information content (AvgIpc) is 3.07. The van der Waals surface area contributed by atoms with Crippen LogP contribution in [-0.2, 0) is 6.54 Å². The van der Waals surface area contributed by atoms with Crippen molar-refractivity contribution in [2.45, 2.75) is 46.2 Å². The summed E-state index contributed by atoms with van der Waals surface area (Å²) in [4.78, 5) is 7.18. The molecule has 3 N–H and O–H groups in total. The number of nitrogens with one attached hydrogen (secondary N) is 2. The third kappa shape index (κ3) is 5.81. The number of ether oxygens (including phenoxy) is 1. The van der Waals surface area contributed by atoms with E-state index in [0.29, 0.717) is 24.9 Å². The lowest BCUT2D eigenvalue weighted by Crippen LogP contribution is -2.44. The number of hydrogen-bond acceptors (Lipinski definition) is 4. The molecular formula is C19H32N4O2. The number of rotatable bonds is 8. The Morgan fingerprint density at radius 1 is 1.32 bits per heavy atom. The van der Waals surface area contributed by atoms with E-state index in [-0.39, 0.29) is 5.75 Å². The van der Waals surface area contributed by atoms with Crippen LogP contribution in [0.4, 0.5) is 0 Å². The summed E-state index contributed by atoms with van der Waals surface area (Å²) in [6, 6.07) is 5.98. The molecule has 2 rings (SSSR count). The molecule has 0 amide bonds. The molecule has 0 radical (unpaired) electrons. The van der Waals surface area contributed by atoms with E-state index in [0.717, 1.165) is 31.2 Å². The van der Waals surface area contributed by atoms with E-state index in [2.05, 4.69) is 34.4 Å². The van der Waals surface area contributed by atoms with Crippen molar-refractivity contribution in [1.82, 2.24) is 15.5 Å². The molecule has 25 heavy (non-hydrogen) atoms. The largest absolute Gasteiger partial charge is 0.504 e. The Labute approximate surface area is 151 Å². The Morgan fingerprint density at radius 2 is 2.16 bits per heavy atom. The van der Waals surface area contributed by atoms with Crippen LogP contribution in [0.25, 0.3) is 0 Å². The molecule has 1 aliphatic heterocycles. The van der Waals surface area contributed by atoms with E-state index in [1.54, 1.807) is 6.07 Å². The highest BCUT2D eigenvalue weighted by atomic mass is 16.5. The molecule has 6 nitrogen and oxygen atoms in total.